The number of alkyl halides is 3. The standard InChI is InChI=1S/C22H18F3NO4S/c1-29-20-8-3-2-7-18(20)15-9-10-21-19(13-15)26(11-12-30-21)31(27,28)17-6-4-5-16(14-17)22(23,24)25/h2-10,13-14H,11-12H2,1H3. The molecule has 3 aromatic carbocycles. The molecule has 0 amide bonds. The first-order chi connectivity index (χ1) is 14.7. The third-order valence-corrected chi connectivity index (χ3v) is 6.76. The molecule has 0 N–H and O–H groups in total. The SMILES string of the molecule is COc1ccccc1-c1ccc2c(c1)N(S(=O)(=O)c1cccc(C(F)(F)F)c1)CCO2. The van der Waals surface area contributed by atoms with Gasteiger partial charge in [0.2, 0.25) is 0 Å². The number of hydrogen-bond acceptors (Lipinski definition) is 4. The van der Waals surface area contributed by atoms with E-state index >= 15 is 0 Å². The van der Waals surface area contributed by atoms with Gasteiger partial charge < -0.3 is 9.47 Å². The fourth-order valence-electron chi connectivity index (χ4n) is 3.45. The second-order valence-electron chi connectivity index (χ2n) is 6.83. The Labute approximate surface area is 177 Å². The number of para-hydroxylation sites is 1. The van der Waals surface area contributed by atoms with E-state index in [-0.39, 0.29) is 18.8 Å². The van der Waals surface area contributed by atoms with Crippen LogP contribution >= 0.6 is 0 Å². The van der Waals surface area contributed by atoms with E-state index in [0.29, 0.717) is 23.1 Å². The molecule has 0 atom stereocenters. The number of methoxy groups -OCH3 is 1. The van der Waals surface area contributed by atoms with Gasteiger partial charge in [-0.15, -0.1) is 0 Å². The Kier molecular flexibility index (Phi) is 5.30. The number of ether oxygens (including phenoxy) is 2. The van der Waals surface area contributed by atoms with E-state index < -0.39 is 26.7 Å². The Morgan fingerprint density at radius 3 is 2.52 bits per heavy atom. The molecule has 0 fully saturated rings. The van der Waals surface area contributed by atoms with Crippen molar-refractivity contribution in [3.63, 3.8) is 0 Å². The average Bonchev–Trinajstić information content (AvgIpc) is 2.77. The molecular weight excluding hydrogens is 431 g/mol. The first-order valence-electron chi connectivity index (χ1n) is 9.32. The fraction of sp³-hybridized carbons (Fsp3) is 0.182. The van der Waals surface area contributed by atoms with E-state index in [0.717, 1.165) is 28.1 Å². The van der Waals surface area contributed by atoms with Gasteiger partial charge in [0.15, 0.2) is 0 Å². The molecule has 0 unspecified atom stereocenters. The summed E-state index contributed by atoms with van der Waals surface area (Å²) in [4.78, 5) is -0.433. The van der Waals surface area contributed by atoms with Crippen LogP contribution in [0.15, 0.2) is 71.6 Å². The largest absolute Gasteiger partial charge is 0.496 e. The molecule has 5 nitrogen and oxygen atoms in total. The van der Waals surface area contributed by atoms with Crippen LogP contribution in [0.3, 0.4) is 0 Å². The summed E-state index contributed by atoms with van der Waals surface area (Å²) in [5, 5.41) is 0. The zero-order valence-electron chi connectivity index (χ0n) is 16.4. The lowest BCUT2D eigenvalue weighted by atomic mass is 10.0. The lowest BCUT2D eigenvalue weighted by molar-refractivity contribution is -0.137. The highest BCUT2D eigenvalue weighted by Gasteiger charge is 2.35. The Bertz CT molecular complexity index is 1230. The van der Waals surface area contributed by atoms with Crippen molar-refractivity contribution in [2.45, 2.75) is 11.1 Å². The molecule has 0 radical (unpaired) electrons. The first kappa shape index (κ1) is 21.0. The van der Waals surface area contributed by atoms with Crippen molar-refractivity contribution < 1.29 is 31.1 Å². The molecule has 0 saturated heterocycles. The number of halogens is 3. The second-order valence-corrected chi connectivity index (χ2v) is 8.70. The zero-order valence-corrected chi connectivity index (χ0v) is 17.2. The molecule has 1 aliphatic rings. The van der Waals surface area contributed by atoms with Crippen LogP contribution in [-0.2, 0) is 16.2 Å². The quantitative estimate of drug-likeness (QED) is 0.565. The van der Waals surface area contributed by atoms with E-state index in [1.807, 2.05) is 18.2 Å². The molecule has 0 spiro atoms. The maximum Gasteiger partial charge on any atom is 0.416 e. The highest BCUT2D eigenvalue weighted by molar-refractivity contribution is 7.92. The summed E-state index contributed by atoms with van der Waals surface area (Å²) >= 11 is 0. The van der Waals surface area contributed by atoms with Crippen LogP contribution in [0.4, 0.5) is 18.9 Å². The van der Waals surface area contributed by atoms with Crippen molar-refractivity contribution in [3.8, 4) is 22.6 Å². The van der Waals surface area contributed by atoms with Crippen LogP contribution in [0.1, 0.15) is 5.56 Å². The molecule has 0 bridgehead atoms. The van der Waals surface area contributed by atoms with Crippen LogP contribution in [0, 0.1) is 0 Å². The van der Waals surface area contributed by atoms with Crippen molar-refractivity contribution in [2.24, 2.45) is 0 Å². The van der Waals surface area contributed by atoms with Gasteiger partial charge >= 0.3 is 6.18 Å². The van der Waals surface area contributed by atoms with Gasteiger partial charge in [0.05, 0.1) is 29.8 Å². The molecule has 4 rings (SSSR count). The molecule has 0 saturated carbocycles. The van der Waals surface area contributed by atoms with E-state index in [4.69, 9.17) is 9.47 Å². The minimum absolute atomic E-state index is 0.0268. The molecule has 3 aromatic rings. The molecule has 31 heavy (non-hydrogen) atoms. The third-order valence-electron chi connectivity index (χ3n) is 4.95. The minimum Gasteiger partial charge on any atom is -0.496 e. The predicted molar refractivity (Wildman–Crippen MR) is 110 cm³/mol. The van der Waals surface area contributed by atoms with Crippen molar-refractivity contribution in [1.82, 2.24) is 0 Å². The summed E-state index contributed by atoms with van der Waals surface area (Å²) in [6.45, 7) is 0.0557. The maximum absolute atomic E-state index is 13.3. The Morgan fingerprint density at radius 1 is 1.00 bits per heavy atom. The Morgan fingerprint density at radius 2 is 1.77 bits per heavy atom. The van der Waals surface area contributed by atoms with Gasteiger partial charge in [0.1, 0.15) is 18.1 Å². The van der Waals surface area contributed by atoms with Crippen LogP contribution < -0.4 is 13.8 Å². The van der Waals surface area contributed by atoms with Crippen LogP contribution in [0.2, 0.25) is 0 Å². The zero-order chi connectivity index (χ0) is 22.2. The van der Waals surface area contributed by atoms with E-state index in [1.54, 1.807) is 24.3 Å². The first-order valence-corrected chi connectivity index (χ1v) is 10.8. The van der Waals surface area contributed by atoms with E-state index in [9.17, 15) is 21.6 Å². The van der Waals surface area contributed by atoms with Gasteiger partial charge in [-0.2, -0.15) is 13.2 Å². The van der Waals surface area contributed by atoms with Crippen LogP contribution in [0.5, 0.6) is 11.5 Å². The summed E-state index contributed by atoms with van der Waals surface area (Å²) in [7, 11) is -2.72. The summed E-state index contributed by atoms with van der Waals surface area (Å²) in [5.74, 6) is 0.937. The highest BCUT2D eigenvalue weighted by Crippen LogP contribution is 2.41. The van der Waals surface area contributed by atoms with Crippen LogP contribution in [-0.4, -0.2) is 28.7 Å². The van der Waals surface area contributed by atoms with Gasteiger partial charge in [-0.25, -0.2) is 8.42 Å². The van der Waals surface area contributed by atoms with Gasteiger partial charge in [-0.3, -0.25) is 4.31 Å². The molecule has 1 heterocycles. The monoisotopic (exact) mass is 449 g/mol. The van der Waals surface area contributed by atoms with Crippen LogP contribution in [0.25, 0.3) is 11.1 Å². The summed E-state index contributed by atoms with van der Waals surface area (Å²) < 4.78 is 77.9. The number of fused-ring (bicyclic) bond motifs is 1. The normalized spacial score (nSPS) is 14.0. The predicted octanol–water partition coefficient (Wildman–Crippen LogP) is 4.97. The molecule has 1 aliphatic heterocycles. The van der Waals surface area contributed by atoms with Crippen molar-refractivity contribution in [1.29, 1.82) is 0 Å². The molecule has 0 aliphatic carbocycles. The van der Waals surface area contributed by atoms with Crippen molar-refractivity contribution in [2.75, 3.05) is 24.6 Å². The molecule has 9 heteroatoms. The van der Waals surface area contributed by atoms with Crippen molar-refractivity contribution >= 4 is 15.7 Å². The van der Waals surface area contributed by atoms with Gasteiger partial charge in [-0.1, -0.05) is 30.3 Å². The average molecular weight is 449 g/mol. The summed E-state index contributed by atoms with van der Waals surface area (Å²) in [6.07, 6.45) is -4.65. The van der Waals surface area contributed by atoms with E-state index in [2.05, 4.69) is 0 Å². The molecular formula is C22H18F3NO4S. The number of hydrogen-bond donors (Lipinski definition) is 0. The smallest absolute Gasteiger partial charge is 0.416 e. The molecule has 162 valence electrons. The maximum atomic E-state index is 13.3. The summed E-state index contributed by atoms with van der Waals surface area (Å²) in [6, 6.07) is 16.0. The Balaban J connectivity index is 1.81. The number of anilines is 1. The van der Waals surface area contributed by atoms with Gasteiger partial charge in [-0.05, 0) is 42.0 Å². The number of sulfonamides is 1. The second kappa shape index (κ2) is 7.81. The highest BCUT2D eigenvalue weighted by atomic mass is 32.2. The fourth-order valence-corrected chi connectivity index (χ4v) is 4.95. The van der Waals surface area contributed by atoms with Crippen molar-refractivity contribution in [3.05, 3.63) is 72.3 Å². The lowest BCUT2D eigenvalue weighted by Gasteiger charge is -2.31. The topological polar surface area (TPSA) is 55.8 Å². The number of nitrogens with zero attached hydrogens (tertiary/aromatic N) is 1. The third kappa shape index (κ3) is 3.93. The summed E-state index contributed by atoms with van der Waals surface area (Å²) in [5.41, 5.74) is 0.664. The minimum atomic E-state index is -4.65. The van der Waals surface area contributed by atoms with E-state index in [1.165, 1.54) is 7.11 Å². The Hall–Kier alpha value is -3.20. The number of rotatable bonds is 4. The lowest BCUT2D eigenvalue weighted by Crippen LogP contribution is -2.38. The number of benzene rings is 3. The molecule has 0 aromatic heterocycles. The van der Waals surface area contributed by atoms with Gasteiger partial charge in [0.25, 0.3) is 10.0 Å². The van der Waals surface area contributed by atoms with Gasteiger partial charge in [0, 0.05) is 5.56 Å².